The van der Waals surface area contributed by atoms with Gasteiger partial charge in [-0.15, -0.1) is 0 Å². The molecule has 1 atom stereocenters. The number of nitrogens with one attached hydrogen (secondary N) is 1. The molecule has 0 aliphatic carbocycles. The van der Waals surface area contributed by atoms with Gasteiger partial charge >= 0.3 is 0 Å². The number of rotatable bonds is 7. The summed E-state index contributed by atoms with van der Waals surface area (Å²) in [5.74, 6) is -0.421. The number of amides is 2. The second-order valence-electron chi connectivity index (χ2n) is 6.86. The second-order valence-corrected chi connectivity index (χ2v) is 8.59. The van der Waals surface area contributed by atoms with Crippen molar-refractivity contribution in [2.24, 2.45) is 0 Å². The molecule has 1 N–H and O–H groups in total. The van der Waals surface area contributed by atoms with Gasteiger partial charge in [0, 0.05) is 27.1 Å². The van der Waals surface area contributed by atoms with Crippen molar-refractivity contribution < 1.29 is 9.59 Å². The fourth-order valence-electron chi connectivity index (χ4n) is 2.73. The van der Waals surface area contributed by atoms with Crippen LogP contribution in [0.2, 0.25) is 10.0 Å². The van der Waals surface area contributed by atoms with Gasteiger partial charge in [0.25, 0.3) is 0 Å². The molecule has 0 saturated heterocycles. The molecule has 0 spiro atoms. The summed E-state index contributed by atoms with van der Waals surface area (Å²) < 4.78 is 0.947. The molecule has 28 heavy (non-hydrogen) atoms. The molecule has 4 nitrogen and oxygen atoms in total. The Morgan fingerprint density at radius 1 is 1.04 bits per heavy atom. The van der Waals surface area contributed by atoms with Crippen molar-refractivity contribution in [2.75, 3.05) is 0 Å². The van der Waals surface area contributed by atoms with Crippen molar-refractivity contribution in [1.29, 1.82) is 0 Å². The highest BCUT2D eigenvalue weighted by Gasteiger charge is 2.27. The molecule has 0 heterocycles. The quantitative estimate of drug-likeness (QED) is 0.582. The predicted octanol–water partition coefficient (Wildman–Crippen LogP) is 5.24. The predicted molar refractivity (Wildman–Crippen MR) is 118 cm³/mol. The summed E-state index contributed by atoms with van der Waals surface area (Å²) in [6, 6.07) is 12.1. The molecular formula is C21H23BrCl2N2O2. The normalized spacial score (nSPS) is 12.0. The van der Waals surface area contributed by atoms with Crippen LogP contribution in [-0.2, 0) is 22.6 Å². The molecule has 0 fully saturated rings. The lowest BCUT2D eigenvalue weighted by Crippen LogP contribution is -2.49. The van der Waals surface area contributed by atoms with Gasteiger partial charge in [-0.05, 0) is 56.2 Å². The first-order valence-electron chi connectivity index (χ1n) is 8.96. The number of hydrogen-bond acceptors (Lipinski definition) is 2. The van der Waals surface area contributed by atoms with Crippen LogP contribution in [-0.4, -0.2) is 28.8 Å². The Bertz CT molecular complexity index is 821. The van der Waals surface area contributed by atoms with Crippen LogP contribution >= 0.6 is 39.1 Å². The number of nitrogens with zero attached hydrogens (tertiary/aromatic N) is 1. The summed E-state index contributed by atoms with van der Waals surface area (Å²) in [4.78, 5) is 27.3. The van der Waals surface area contributed by atoms with E-state index in [9.17, 15) is 9.59 Å². The zero-order valence-corrected chi connectivity index (χ0v) is 19.1. The molecule has 150 valence electrons. The number of halogens is 3. The van der Waals surface area contributed by atoms with Gasteiger partial charge in [-0.1, -0.05) is 57.3 Å². The maximum Gasteiger partial charge on any atom is 0.242 e. The van der Waals surface area contributed by atoms with Crippen molar-refractivity contribution in [3.63, 3.8) is 0 Å². The molecule has 2 aromatic rings. The van der Waals surface area contributed by atoms with E-state index in [-0.39, 0.29) is 24.3 Å². The minimum absolute atomic E-state index is 0.0161. The smallest absolute Gasteiger partial charge is 0.242 e. The van der Waals surface area contributed by atoms with E-state index in [4.69, 9.17) is 23.2 Å². The Morgan fingerprint density at radius 2 is 1.61 bits per heavy atom. The third kappa shape index (κ3) is 6.23. The van der Waals surface area contributed by atoms with Gasteiger partial charge in [-0.25, -0.2) is 0 Å². The van der Waals surface area contributed by atoms with Crippen LogP contribution in [0.15, 0.2) is 46.9 Å². The second kappa shape index (κ2) is 10.3. The van der Waals surface area contributed by atoms with E-state index in [2.05, 4.69) is 21.2 Å². The van der Waals surface area contributed by atoms with Crippen molar-refractivity contribution in [2.45, 2.75) is 45.8 Å². The van der Waals surface area contributed by atoms with Gasteiger partial charge in [0.15, 0.2) is 0 Å². The zero-order valence-electron chi connectivity index (χ0n) is 16.0. The van der Waals surface area contributed by atoms with E-state index >= 15 is 0 Å². The maximum absolute atomic E-state index is 13.1. The highest BCUT2D eigenvalue weighted by atomic mass is 79.9. The first kappa shape index (κ1) is 22.7. The molecule has 0 radical (unpaired) electrons. The molecule has 2 rings (SSSR count). The van der Waals surface area contributed by atoms with Gasteiger partial charge in [-0.3, -0.25) is 9.59 Å². The van der Waals surface area contributed by atoms with Crippen molar-refractivity contribution in [3.05, 3.63) is 68.1 Å². The lowest BCUT2D eigenvalue weighted by atomic mass is 10.1. The molecular weight excluding hydrogens is 463 g/mol. The van der Waals surface area contributed by atoms with E-state index in [1.54, 1.807) is 30.0 Å². The van der Waals surface area contributed by atoms with E-state index in [1.165, 1.54) is 0 Å². The van der Waals surface area contributed by atoms with Crippen LogP contribution in [0.4, 0.5) is 0 Å². The standard InChI is InChI=1S/C21H23BrCl2N2O2/c1-13(2)25-21(28)14(3)26(12-15-7-9-16(22)10-8-15)20(27)11-17-18(23)5-4-6-19(17)24/h4-10,13-14H,11-12H2,1-3H3,(H,25,28). The number of carbonyl (C=O) groups is 2. The molecule has 0 saturated carbocycles. The lowest BCUT2D eigenvalue weighted by Gasteiger charge is -2.29. The number of hydrogen-bond donors (Lipinski definition) is 1. The van der Waals surface area contributed by atoms with Crippen LogP contribution in [0.25, 0.3) is 0 Å². The third-order valence-corrected chi connectivity index (χ3v) is 5.49. The molecule has 1 unspecified atom stereocenters. The van der Waals surface area contributed by atoms with Crippen LogP contribution in [0.5, 0.6) is 0 Å². The first-order valence-corrected chi connectivity index (χ1v) is 10.5. The van der Waals surface area contributed by atoms with E-state index in [0.29, 0.717) is 22.2 Å². The molecule has 0 aliphatic rings. The van der Waals surface area contributed by atoms with Crippen molar-refractivity contribution >= 4 is 50.9 Å². The summed E-state index contributed by atoms with van der Waals surface area (Å²) in [6.07, 6.45) is 0.0222. The Balaban J connectivity index is 2.29. The van der Waals surface area contributed by atoms with E-state index in [0.717, 1.165) is 10.0 Å². The Kier molecular flexibility index (Phi) is 8.35. The fourth-order valence-corrected chi connectivity index (χ4v) is 3.52. The van der Waals surface area contributed by atoms with Crippen molar-refractivity contribution in [3.8, 4) is 0 Å². The molecule has 0 bridgehead atoms. The summed E-state index contributed by atoms with van der Waals surface area (Å²) in [5.41, 5.74) is 1.49. The van der Waals surface area contributed by atoms with Crippen LogP contribution in [0.1, 0.15) is 31.9 Å². The highest BCUT2D eigenvalue weighted by molar-refractivity contribution is 9.10. The van der Waals surface area contributed by atoms with Gasteiger partial charge in [0.1, 0.15) is 6.04 Å². The number of carbonyl (C=O) groups excluding carboxylic acids is 2. The maximum atomic E-state index is 13.1. The SMILES string of the molecule is CC(C)NC(=O)C(C)N(Cc1ccc(Br)cc1)C(=O)Cc1c(Cl)cccc1Cl. The van der Waals surface area contributed by atoms with Crippen LogP contribution < -0.4 is 5.32 Å². The molecule has 2 amide bonds. The van der Waals surface area contributed by atoms with Crippen LogP contribution in [0.3, 0.4) is 0 Å². The minimum atomic E-state index is -0.639. The summed E-state index contributed by atoms with van der Waals surface area (Å²) in [6.45, 7) is 5.80. The van der Waals surface area contributed by atoms with E-state index < -0.39 is 6.04 Å². The molecule has 2 aromatic carbocycles. The van der Waals surface area contributed by atoms with Gasteiger partial charge < -0.3 is 10.2 Å². The zero-order chi connectivity index (χ0) is 20.8. The average molecular weight is 486 g/mol. The summed E-state index contributed by atoms with van der Waals surface area (Å²) >= 11 is 15.9. The first-order chi connectivity index (χ1) is 13.2. The van der Waals surface area contributed by atoms with Gasteiger partial charge in [0.05, 0.1) is 6.42 Å². The third-order valence-electron chi connectivity index (χ3n) is 4.25. The molecule has 0 aliphatic heterocycles. The Morgan fingerprint density at radius 3 is 2.14 bits per heavy atom. The Labute approximate surface area is 184 Å². The minimum Gasteiger partial charge on any atom is -0.352 e. The monoisotopic (exact) mass is 484 g/mol. The highest BCUT2D eigenvalue weighted by Crippen LogP contribution is 2.26. The lowest BCUT2D eigenvalue weighted by molar-refractivity contribution is -0.140. The van der Waals surface area contributed by atoms with Crippen molar-refractivity contribution in [1.82, 2.24) is 10.2 Å². The summed E-state index contributed by atoms with van der Waals surface area (Å²) in [7, 11) is 0. The topological polar surface area (TPSA) is 49.4 Å². The Hall–Kier alpha value is -1.56. The number of benzene rings is 2. The van der Waals surface area contributed by atoms with E-state index in [1.807, 2.05) is 38.1 Å². The summed E-state index contributed by atoms with van der Waals surface area (Å²) in [5, 5.41) is 3.73. The average Bonchev–Trinajstić information content (AvgIpc) is 2.63. The molecule has 7 heteroatoms. The van der Waals surface area contributed by atoms with Gasteiger partial charge in [0.2, 0.25) is 11.8 Å². The molecule has 0 aromatic heterocycles. The van der Waals surface area contributed by atoms with Crippen LogP contribution in [0, 0.1) is 0 Å². The largest absolute Gasteiger partial charge is 0.352 e. The van der Waals surface area contributed by atoms with Gasteiger partial charge in [-0.2, -0.15) is 0 Å². The fraction of sp³-hybridized carbons (Fsp3) is 0.333.